The van der Waals surface area contributed by atoms with Gasteiger partial charge in [0, 0.05) is 90.0 Å². The first kappa shape index (κ1) is 77.7. The predicted octanol–water partition coefficient (Wildman–Crippen LogP) is 1.24. The molecule has 4 fully saturated rings. The summed E-state index contributed by atoms with van der Waals surface area (Å²) in [4.78, 5) is 169. The largest absolute Gasteiger partial charge is 0.463 e. The molecule has 0 unspecified atom stereocenters. The molecular formula is C61H82O34. The molecule has 4 saturated heterocycles. The Kier molecular flexibility index (Phi) is 30.1. The molecule has 5 rings (SSSR count). The first-order valence-corrected chi connectivity index (χ1v) is 30.1. The fourth-order valence-electron chi connectivity index (χ4n) is 10.5. The van der Waals surface area contributed by atoms with Crippen LogP contribution in [0.3, 0.4) is 0 Å². The van der Waals surface area contributed by atoms with Gasteiger partial charge in [-0.05, 0) is 24.0 Å². The van der Waals surface area contributed by atoms with Crippen LogP contribution in [0.15, 0.2) is 24.3 Å². The highest BCUT2D eigenvalue weighted by molar-refractivity contribution is 5.71. The highest BCUT2D eigenvalue weighted by atomic mass is 16.8. The Labute approximate surface area is 545 Å². The summed E-state index contributed by atoms with van der Waals surface area (Å²) in [6.07, 6.45) is -36.4. The van der Waals surface area contributed by atoms with E-state index in [1.54, 1.807) is 12.1 Å². The van der Waals surface area contributed by atoms with Crippen molar-refractivity contribution in [3.05, 3.63) is 35.4 Å². The Balaban J connectivity index is 1.79. The minimum atomic E-state index is -2.30. The number of hydrogen-bond acceptors (Lipinski definition) is 34. The molecule has 4 heterocycles. The maximum Gasteiger partial charge on any atom is 0.303 e. The number of ether oxygens (including phenoxy) is 21. The quantitative estimate of drug-likeness (QED) is 0.0804. The minimum Gasteiger partial charge on any atom is -0.463 e. The van der Waals surface area contributed by atoms with Crippen molar-refractivity contribution in [2.24, 2.45) is 0 Å². The smallest absolute Gasteiger partial charge is 0.303 e. The SMILES string of the molecule is CCCCc1ccc(CO[C@H]2O[C@H](COC(C)=O)[C@@H](OC(C)=O)[C@H](OC(C)=O)[C@@H]2O[C@H]2O[C@H](COC(C)=O)[C@@H](OC(C)=O)[C@H](O[C@H]3O[C@H](COC(C)=O)[C@@H](OC(C)=O)[C@H](O[C@H]4O[C@H](COC(C)=O)[C@@H](OC(C)=O)[C@H](OC(C)=O)[C@@H]4OC(C)=O)[C@@H]3OC(C)=O)[C@@H]2OC(C)=O)cc1. The van der Waals surface area contributed by atoms with E-state index in [9.17, 15) is 62.3 Å². The molecule has 34 heteroatoms. The molecule has 1 aromatic rings. The van der Waals surface area contributed by atoms with Crippen molar-refractivity contribution in [2.75, 3.05) is 26.4 Å². The second kappa shape index (κ2) is 36.8. The summed E-state index contributed by atoms with van der Waals surface area (Å²) in [5.74, 6) is -13.2. The van der Waals surface area contributed by atoms with Crippen LogP contribution in [0.4, 0.5) is 0 Å². The van der Waals surface area contributed by atoms with E-state index in [2.05, 4.69) is 0 Å². The number of hydrogen-bond donors (Lipinski definition) is 0. The number of rotatable bonds is 29. The monoisotopic (exact) mass is 1360 g/mol. The molecule has 0 aromatic heterocycles. The van der Waals surface area contributed by atoms with Gasteiger partial charge < -0.3 is 99.5 Å². The van der Waals surface area contributed by atoms with Crippen LogP contribution < -0.4 is 0 Å². The Morgan fingerprint density at radius 1 is 0.295 bits per heavy atom. The molecule has 0 bridgehead atoms. The van der Waals surface area contributed by atoms with Crippen molar-refractivity contribution in [1.82, 2.24) is 0 Å². The third-order valence-electron chi connectivity index (χ3n) is 14.0. The third kappa shape index (κ3) is 24.0. The number of carbonyl (C=O) groups is 13. The van der Waals surface area contributed by atoms with Gasteiger partial charge in [-0.25, -0.2) is 0 Å². The molecule has 0 N–H and O–H groups in total. The standard InChI is InChI=1S/C61H82O34/c1-15-16-17-40-18-20-41(21-19-40)22-79-58-54(50(84-35(10)70)46(80-31(6)66)42(89-58)23-75-27(2)62)95-61-57(88-39(14)74)53(49(83-34(9)69)45(92-61)26-78-30(5)65)94-60-56(87-38(13)73)52(48(82-33(8)68)44(91-60)25-77-29(4)64)93-59-55(86-37(12)72)51(85-36(11)71)47(81-32(7)67)43(90-59)24-76-28(3)63/h18-21,42-61H,15-17,22-26H2,1-14H3/t42-,43-,44-,45-,46-,47-,48-,49-,50+,51+,52+,53+,54+,55+,56+,57+,58+,59-,60-,61-/m1/s1. The molecule has 4 aliphatic heterocycles. The molecule has 0 aliphatic carbocycles. The average Bonchev–Trinajstić information content (AvgIpc) is 0.768. The summed E-state index contributed by atoms with van der Waals surface area (Å²) in [6.45, 7) is 11.2. The van der Waals surface area contributed by atoms with Crippen LogP contribution in [0, 0.1) is 0 Å². The number of aryl methyl sites for hydroxylation is 1. The normalized spacial score (nSPS) is 30.3. The molecule has 34 nitrogen and oxygen atoms in total. The third-order valence-corrected chi connectivity index (χ3v) is 14.0. The van der Waals surface area contributed by atoms with E-state index in [-0.39, 0.29) is 6.61 Å². The predicted molar refractivity (Wildman–Crippen MR) is 306 cm³/mol. The summed E-state index contributed by atoms with van der Waals surface area (Å²) in [5, 5.41) is 0. The fourth-order valence-corrected chi connectivity index (χ4v) is 10.5. The Hall–Kier alpha value is -7.99. The van der Waals surface area contributed by atoms with Crippen LogP contribution in [0.1, 0.15) is 121 Å². The van der Waals surface area contributed by atoms with E-state index in [0.29, 0.717) is 5.56 Å². The highest BCUT2D eigenvalue weighted by Gasteiger charge is 2.62. The van der Waals surface area contributed by atoms with Crippen molar-refractivity contribution in [3.63, 3.8) is 0 Å². The first-order valence-electron chi connectivity index (χ1n) is 30.1. The van der Waals surface area contributed by atoms with Crippen LogP contribution >= 0.6 is 0 Å². The molecule has 20 atom stereocenters. The van der Waals surface area contributed by atoms with Gasteiger partial charge in [-0.1, -0.05) is 37.6 Å². The van der Waals surface area contributed by atoms with E-state index in [4.69, 9.17) is 99.5 Å². The number of esters is 13. The zero-order valence-electron chi connectivity index (χ0n) is 54.9. The van der Waals surface area contributed by atoms with Gasteiger partial charge in [0.25, 0.3) is 0 Å². The summed E-state index contributed by atoms with van der Waals surface area (Å²) in [5.41, 5.74) is 1.58. The maximum atomic E-state index is 13.7. The average molecular weight is 1360 g/mol. The number of benzene rings is 1. The van der Waals surface area contributed by atoms with Gasteiger partial charge in [-0.2, -0.15) is 0 Å². The number of unbranched alkanes of at least 4 members (excludes halogenated alkanes) is 1. The zero-order valence-corrected chi connectivity index (χ0v) is 54.9. The summed E-state index contributed by atoms with van der Waals surface area (Å²) >= 11 is 0. The molecule has 4 aliphatic rings. The number of carbonyl (C=O) groups excluding carboxylic acids is 13. The zero-order chi connectivity index (χ0) is 70.5. The van der Waals surface area contributed by atoms with Gasteiger partial charge in [-0.3, -0.25) is 62.3 Å². The van der Waals surface area contributed by atoms with Gasteiger partial charge in [0.2, 0.25) is 0 Å². The lowest BCUT2D eigenvalue weighted by Gasteiger charge is -2.51. The highest BCUT2D eigenvalue weighted by Crippen LogP contribution is 2.40. The Morgan fingerprint density at radius 3 is 0.832 bits per heavy atom. The molecule has 530 valence electrons. The lowest BCUT2D eigenvalue weighted by molar-refractivity contribution is -0.394. The molecule has 95 heavy (non-hydrogen) atoms. The van der Waals surface area contributed by atoms with Crippen molar-refractivity contribution in [2.45, 2.75) is 246 Å². The lowest BCUT2D eigenvalue weighted by Crippen LogP contribution is -2.70. The van der Waals surface area contributed by atoms with Crippen molar-refractivity contribution >= 4 is 77.6 Å². The van der Waals surface area contributed by atoms with E-state index in [1.165, 1.54) is 0 Å². The van der Waals surface area contributed by atoms with Crippen LogP contribution in [0.5, 0.6) is 0 Å². The van der Waals surface area contributed by atoms with E-state index < -0.39 is 227 Å². The molecule has 0 radical (unpaired) electrons. The maximum absolute atomic E-state index is 13.7. The van der Waals surface area contributed by atoms with Gasteiger partial charge in [0.05, 0.1) is 6.61 Å². The van der Waals surface area contributed by atoms with E-state index >= 15 is 0 Å². The summed E-state index contributed by atoms with van der Waals surface area (Å²) in [6, 6.07) is 7.28. The first-order chi connectivity index (χ1) is 44.7. The van der Waals surface area contributed by atoms with Crippen LogP contribution in [0.25, 0.3) is 0 Å². The Bertz CT molecular complexity index is 2860. The van der Waals surface area contributed by atoms with Crippen LogP contribution in [-0.2, 0) is 175 Å². The molecule has 0 amide bonds. The molecule has 0 spiro atoms. The summed E-state index contributed by atoms with van der Waals surface area (Å²) < 4.78 is 125. The van der Waals surface area contributed by atoms with E-state index in [1.807, 2.05) is 19.1 Å². The molecular weight excluding hydrogens is 1280 g/mol. The van der Waals surface area contributed by atoms with E-state index in [0.717, 1.165) is 115 Å². The van der Waals surface area contributed by atoms with Gasteiger partial charge in [0.15, 0.2) is 86.2 Å². The lowest BCUT2D eigenvalue weighted by atomic mass is 9.94. The molecule has 0 saturated carbocycles. The minimum absolute atomic E-state index is 0.279. The Morgan fingerprint density at radius 2 is 0.537 bits per heavy atom. The second-order valence-corrected chi connectivity index (χ2v) is 22.1. The van der Waals surface area contributed by atoms with Crippen molar-refractivity contribution in [1.29, 1.82) is 0 Å². The summed E-state index contributed by atoms with van der Waals surface area (Å²) in [7, 11) is 0. The van der Waals surface area contributed by atoms with Gasteiger partial charge >= 0.3 is 77.6 Å². The van der Waals surface area contributed by atoms with Crippen molar-refractivity contribution < 1.29 is 162 Å². The fraction of sp³-hybridized carbons (Fsp3) is 0.689. The van der Waals surface area contributed by atoms with Crippen LogP contribution in [0.2, 0.25) is 0 Å². The van der Waals surface area contributed by atoms with Crippen molar-refractivity contribution in [3.8, 4) is 0 Å². The van der Waals surface area contributed by atoms with Gasteiger partial charge in [0.1, 0.15) is 63.1 Å². The molecule has 1 aromatic carbocycles. The van der Waals surface area contributed by atoms with Crippen LogP contribution in [-0.4, -0.2) is 227 Å². The second-order valence-electron chi connectivity index (χ2n) is 22.1. The van der Waals surface area contributed by atoms with Gasteiger partial charge in [-0.15, -0.1) is 0 Å². The topological polar surface area (TPSA) is 416 Å².